The molecule has 1 N–H and O–H groups in total. The van der Waals surface area contributed by atoms with E-state index in [-0.39, 0.29) is 5.56 Å². The number of piperazine rings is 1. The number of nitrogens with zero attached hydrogens (tertiary/aromatic N) is 3. The van der Waals surface area contributed by atoms with Crippen LogP contribution in [0.2, 0.25) is 0 Å². The summed E-state index contributed by atoms with van der Waals surface area (Å²) >= 11 is 1.57. The molecule has 5 nitrogen and oxygen atoms in total. The summed E-state index contributed by atoms with van der Waals surface area (Å²) < 4.78 is 38.9. The molecule has 1 saturated heterocycles. The van der Waals surface area contributed by atoms with Gasteiger partial charge in [-0.15, -0.1) is 0 Å². The molecule has 9 heteroatoms. The number of hydrogen-bond donors (Lipinski definition) is 1. The number of carbonyl (C=O) groups excluding carboxylic acids is 1. The van der Waals surface area contributed by atoms with Gasteiger partial charge in [0.1, 0.15) is 0 Å². The number of rotatable bonds is 3. The summed E-state index contributed by atoms with van der Waals surface area (Å²) in [6, 6.07) is 9.59. The Morgan fingerprint density at radius 3 is 2.41 bits per heavy atom. The molecule has 0 spiro atoms. The number of aromatic nitrogens is 1. The Morgan fingerprint density at radius 2 is 1.76 bits per heavy atom. The standard InChI is InChI=1S/C20H19F3N4OS/c1-26-8-10-27(11-9-26)19-25-16-7-6-15(12-17(16)29-19)24-18(28)13-2-4-14(5-3-13)20(21,22)23/h2-7,12H,8-11H2,1H3,(H,24,28). The topological polar surface area (TPSA) is 48.5 Å². The Kier molecular flexibility index (Phi) is 5.18. The van der Waals surface area contributed by atoms with Gasteiger partial charge in [-0.25, -0.2) is 4.98 Å². The fraction of sp³-hybridized carbons (Fsp3) is 0.300. The lowest BCUT2D eigenvalue weighted by Crippen LogP contribution is -2.44. The van der Waals surface area contributed by atoms with E-state index in [1.165, 1.54) is 12.1 Å². The fourth-order valence-corrected chi connectivity index (χ4v) is 4.19. The maximum absolute atomic E-state index is 12.7. The molecule has 0 bridgehead atoms. The Bertz CT molecular complexity index is 1020. The van der Waals surface area contributed by atoms with Crippen LogP contribution in [0.3, 0.4) is 0 Å². The average Bonchev–Trinajstić information content (AvgIpc) is 3.11. The van der Waals surface area contributed by atoms with Crippen LogP contribution in [0.4, 0.5) is 24.0 Å². The minimum Gasteiger partial charge on any atom is -0.345 e. The van der Waals surface area contributed by atoms with E-state index in [1.807, 2.05) is 12.1 Å². The SMILES string of the molecule is CN1CCN(c2nc3ccc(NC(=O)c4ccc(C(F)(F)F)cc4)cc3s2)CC1. The lowest BCUT2D eigenvalue weighted by atomic mass is 10.1. The first-order chi connectivity index (χ1) is 13.8. The highest BCUT2D eigenvalue weighted by Gasteiger charge is 2.30. The molecule has 1 aromatic heterocycles. The van der Waals surface area contributed by atoms with E-state index >= 15 is 0 Å². The number of likely N-dealkylation sites (N-methyl/N-ethyl adjacent to an activating group) is 1. The van der Waals surface area contributed by atoms with Gasteiger partial charge < -0.3 is 15.1 Å². The lowest BCUT2D eigenvalue weighted by Gasteiger charge is -2.31. The minimum atomic E-state index is -4.42. The highest BCUT2D eigenvalue weighted by molar-refractivity contribution is 7.22. The smallest absolute Gasteiger partial charge is 0.345 e. The lowest BCUT2D eigenvalue weighted by molar-refractivity contribution is -0.137. The van der Waals surface area contributed by atoms with Crippen molar-refractivity contribution in [2.75, 3.05) is 43.4 Å². The number of amides is 1. The van der Waals surface area contributed by atoms with Crippen molar-refractivity contribution in [3.05, 3.63) is 53.6 Å². The second-order valence-electron chi connectivity index (χ2n) is 7.00. The molecule has 0 unspecified atom stereocenters. The summed E-state index contributed by atoms with van der Waals surface area (Å²) in [6.07, 6.45) is -4.42. The second kappa shape index (κ2) is 7.64. The van der Waals surface area contributed by atoms with Crippen molar-refractivity contribution in [1.29, 1.82) is 0 Å². The molecule has 0 radical (unpaired) electrons. The number of nitrogens with one attached hydrogen (secondary N) is 1. The minimum absolute atomic E-state index is 0.167. The quantitative estimate of drug-likeness (QED) is 0.686. The van der Waals surface area contributed by atoms with Crippen molar-refractivity contribution in [3.63, 3.8) is 0 Å². The zero-order valence-corrected chi connectivity index (χ0v) is 16.5. The molecule has 3 aromatic rings. The molecule has 0 saturated carbocycles. The number of carbonyl (C=O) groups is 1. The summed E-state index contributed by atoms with van der Waals surface area (Å²) in [5, 5.41) is 3.70. The van der Waals surface area contributed by atoms with Crippen LogP contribution in [0.5, 0.6) is 0 Å². The third-order valence-electron chi connectivity index (χ3n) is 4.88. The molecule has 29 heavy (non-hydrogen) atoms. The van der Waals surface area contributed by atoms with Crippen LogP contribution in [0.1, 0.15) is 15.9 Å². The molecule has 2 heterocycles. The number of thiazole rings is 1. The van der Waals surface area contributed by atoms with Gasteiger partial charge in [-0.05, 0) is 49.5 Å². The maximum atomic E-state index is 12.7. The Labute approximate surface area is 169 Å². The number of alkyl halides is 3. The molecule has 2 aromatic carbocycles. The van der Waals surface area contributed by atoms with E-state index in [9.17, 15) is 18.0 Å². The maximum Gasteiger partial charge on any atom is 0.416 e. The fourth-order valence-electron chi connectivity index (χ4n) is 3.14. The van der Waals surface area contributed by atoms with Crippen LogP contribution in [0.25, 0.3) is 10.2 Å². The summed E-state index contributed by atoms with van der Waals surface area (Å²) in [7, 11) is 2.10. The van der Waals surface area contributed by atoms with E-state index in [1.54, 1.807) is 17.4 Å². The number of fused-ring (bicyclic) bond motifs is 1. The van der Waals surface area contributed by atoms with Crippen molar-refractivity contribution < 1.29 is 18.0 Å². The first-order valence-electron chi connectivity index (χ1n) is 9.12. The predicted molar refractivity (Wildman–Crippen MR) is 109 cm³/mol. The van der Waals surface area contributed by atoms with Gasteiger partial charge in [-0.3, -0.25) is 4.79 Å². The normalized spacial score (nSPS) is 15.7. The Balaban J connectivity index is 1.48. The molecule has 1 amide bonds. The monoisotopic (exact) mass is 420 g/mol. The molecule has 0 atom stereocenters. The van der Waals surface area contributed by atoms with Crippen LogP contribution in [-0.2, 0) is 6.18 Å². The van der Waals surface area contributed by atoms with E-state index in [0.717, 1.165) is 53.7 Å². The first-order valence-corrected chi connectivity index (χ1v) is 9.94. The van der Waals surface area contributed by atoms with Gasteiger partial charge in [0.05, 0.1) is 15.8 Å². The first kappa shape index (κ1) is 19.7. The van der Waals surface area contributed by atoms with Crippen molar-refractivity contribution >= 4 is 38.3 Å². The van der Waals surface area contributed by atoms with Crippen LogP contribution in [0, 0.1) is 0 Å². The summed E-state index contributed by atoms with van der Waals surface area (Å²) in [6.45, 7) is 3.83. The molecule has 152 valence electrons. The van der Waals surface area contributed by atoms with E-state index < -0.39 is 17.6 Å². The van der Waals surface area contributed by atoms with Gasteiger partial charge in [0.15, 0.2) is 5.13 Å². The summed E-state index contributed by atoms with van der Waals surface area (Å²) in [5.41, 5.74) is 0.824. The Morgan fingerprint density at radius 1 is 1.07 bits per heavy atom. The molecule has 1 aliphatic rings. The largest absolute Gasteiger partial charge is 0.416 e. The van der Waals surface area contributed by atoms with Crippen LogP contribution < -0.4 is 10.2 Å². The molecular formula is C20H19F3N4OS. The van der Waals surface area contributed by atoms with Gasteiger partial charge in [-0.1, -0.05) is 11.3 Å². The highest BCUT2D eigenvalue weighted by Crippen LogP contribution is 2.32. The number of benzene rings is 2. The Hall–Kier alpha value is -2.65. The summed E-state index contributed by atoms with van der Waals surface area (Å²) in [4.78, 5) is 21.6. The van der Waals surface area contributed by atoms with E-state index in [4.69, 9.17) is 0 Å². The van der Waals surface area contributed by atoms with Gasteiger partial charge in [0.2, 0.25) is 0 Å². The predicted octanol–water partition coefficient (Wildman–Crippen LogP) is 4.32. The van der Waals surface area contributed by atoms with Crippen molar-refractivity contribution in [2.24, 2.45) is 0 Å². The molecule has 1 aliphatic heterocycles. The zero-order chi connectivity index (χ0) is 20.6. The zero-order valence-electron chi connectivity index (χ0n) is 15.7. The molecular weight excluding hydrogens is 401 g/mol. The molecule has 0 aliphatic carbocycles. The van der Waals surface area contributed by atoms with Gasteiger partial charge in [0, 0.05) is 37.4 Å². The highest BCUT2D eigenvalue weighted by atomic mass is 32.1. The number of halogens is 3. The third-order valence-corrected chi connectivity index (χ3v) is 5.96. The van der Waals surface area contributed by atoms with Crippen LogP contribution in [0.15, 0.2) is 42.5 Å². The van der Waals surface area contributed by atoms with Gasteiger partial charge in [-0.2, -0.15) is 13.2 Å². The summed E-state index contributed by atoms with van der Waals surface area (Å²) in [5.74, 6) is -0.457. The van der Waals surface area contributed by atoms with E-state index in [2.05, 4.69) is 27.1 Å². The van der Waals surface area contributed by atoms with Gasteiger partial charge in [0.25, 0.3) is 5.91 Å². The number of hydrogen-bond acceptors (Lipinski definition) is 5. The molecule has 1 fully saturated rings. The third kappa shape index (κ3) is 4.35. The number of anilines is 2. The van der Waals surface area contributed by atoms with Crippen LogP contribution in [-0.4, -0.2) is 49.0 Å². The van der Waals surface area contributed by atoms with E-state index in [0.29, 0.717) is 5.69 Å². The second-order valence-corrected chi connectivity index (χ2v) is 8.01. The van der Waals surface area contributed by atoms with Crippen LogP contribution >= 0.6 is 11.3 Å². The van der Waals surface area contributed by atoms with Crippen molar-refractivity contribution in [2.45, 2.75) is 6.18 Å². The van der Waals surface area contributed by atoms with Crippen molar-refractivity contribution in [3.8, 4) is 0 Å². The van der Waals surface area contributed by atoms with Crippen molar-refractivity contribution in [1.82, 2.24) is 9.88 Å². The average molecular weight is 420 g/mol. The molecule has 4 rings (SSSR count). The van der Waals surface area contributed by atoms with Gasteiger partial charge >= 0.3 is 6.18 Å².